The molecular weight excluding hydrogens is 731 g/mol. The van der Waals surface area contributed by atoms with E-state index in [-0.39, 0.29) is 61.7 Å². The average molecular weight is 755 g/mol. The summed E-state index contributed by atoms with van der Waals surface area (Å²) < 4.78 is 130. The molecule has 0 unspecified atom stereocenters. The van der Waals surface area contributed by atoms with Crippen molar-refractivity contribution in [2.24, 2.45) is 0 Å². The minimum atomic E-state index is -4.84. The average Bonchev–Trinajstić information content (AvgIpc) is 3.50. The van der Waals surface area contributed by atoms with Crippen LogP contribution in [0.25, 0.3) is 72.8 Å². The molecule has 0 spiro atoms. The molecule has 6 aromatic carbocycles. The third-order valence-electron chi connectivity index (χ3n) is 9.14. The van der Waals surface area contributed by atoms with Crippen LogP contribution in [-0.2, 0) is 18.5 Å². The second-order valence-electron chi connectivity index (χ2n) is 12.6. The zero-order valence-electron chi connectivity index (χ0n) is 28.0. The number of hydrogen-bond acceptors (Lipinski definition) is 3. The summed E-state index contributed by atoms with van der Waals surface area (Å²) in [5.74, 6) is 0.359. The van der Waals surface area contributed by atoms with Crippen LogP contribution in [-0.4, -0.2) is 19.5 Å². The Bertz CT molecular complexity index is 2590. The summed E-state index contributed by atoms with van der Waals surface area (Å²) in [4.78, 5) is 14.1. The van der Waals surface area contributed by atoms with Crippen molar-refractivity contribution < 1.29 is 39.5 Å². The minimum Gasteiger partial charge on any atom is -0.308 e. The van der Waals surface area contributed by atoms with Gasteiger partial charge in [0.1, 0.15) is 0 Å². The monoisotopic (exact) mass is 754 g/mol. The summed E-state index contributed by atoms with van der Waals surface area (Å²) in [6, 6.07) is 32.0. The smallest absolute Gasteiger partial charge is 0.308 e. The fourth-order valence-corrected chi connectivity index (χ4v) is 6.62. The summed E-state index contributed by atoms with van der Waals surface area (Å²) in [7, 11) is 0. The molecule has 274 valence electrons. The molecule has 55 heavy (non-hydrogen) atoms. The number of halogens is 9. The third kappa shape index (κ3) is 6.66. The molecule has 0 atom stereocenters. The zero-order chi connectivity index (χ0) is 38.7. The highest BCUT2D eigenvalue weighted by Crippen LogP contribution is 2.44. The van der Waals surface area contributed by atoms with Gasteiger partial charge < -0.3 is 4.57 Å². The molecule has 0 radical (unpaired) electrons. The lowest BCUT2D eigenvalue weighted by Gasteiger charge is -2.18. The van der Waals surface area contributed by atoms with Gasteiger partial charge in [0.2, 0.25) is 0 Å². The van der Waals surface area contributed by atoms with Gasteiger partial charge in [-0.1, -0.05) is 97.1 Å². The lowest BCUT2D eigenvalue weighted by atomic mass is 9.96. The second kappa shape index (κ2) is 13.1. The number of hydrogen-bond donors (Lipinski definition) is 0. The van der Waals surface area contributed by atoms with Crippen LogP contribution in [0.1, 0.15) is 16.7 Å². The van der Waals surface area contributed by atoms with E-state index in [4.69, 9.17) is 9.97 Å². The van der Waals surface area contributed by atoms with Crippen molar-refractivity contribution in [3.63, 3.8) is 0 Å². The van der Waals surface area contributed by atoms with E-state index in [2.05, 4.69) is 4.98 Å². The first-order valence-corrected chi connectivity index (χ1v) is 16.6. The van der Waals surface area contributed by atoms with Gasteiger partial charge in [0.25, 0.3) is 0 Å². The third-order valence-corrected chi connectivity index (χ3v) is 9.14. The van der Waals surface area contributed by atoms with Gasteiger partial charge in [-0.25, -0.2) is 15.0 Å². The molecule has 0 aliphatic heterocycles. The fourth-order valence-electron chi connectivity index (χ4n) is 6.62. The standard InChI is InChI=1S/C42H23F9N4/c43-40(44,45)27-16-19-30-31-20-17-28(41(46,47)48)23-36(31)55(35(30)22-27)34-21-26(29-13-7-8-14-33(29)42(49,50)51)15-18-32(34)39-53-37(24-9-3-1-4-10-24)52-38(54-39)25-11-5-2-6-12-25/h1-23H. The number of nitrogens with zero attached hydrogens (tertiary/aromatic N) is 4. The summed E-state index contributed by atoms with van der Waals surface area (Å²) in [6.07, 6.45) is -14.5. The van der Waals surface area contributed by atoms with Gasteiger partial charge in [0.15, 0.2) is 17.5 Å². The Morgan fingerprint density at radius 3 is 1.35 bits per heavy atom. The Kier molecular flexibility index (Phi) is 8.47. The van der Waals surface area contributed by atoms with E-state index in [0.29, 0.717) is 11.1 Å². The van der Waals surface area contributed by atoms with Crippen LogP contribution in [0.5, 0.6) is 0 Å². The molecule has 8 rings (SSSR count). The molecule has 13 heteroatoms. The predicted molar refractivity (Wildman–Crippen MR) is 191 cm³/mol. The van der Waals surface area contributed by atoms with Gasteiger partial charge in [0.05, 0.1) is 33.4 Å². The van der Waals surface area contributed by atoms with Crippen molar-refractivity contribution in [3.05, 3.63) is 156 Å². The van der Waals surface area contributed by atoms with Crippen LogP contribution in [0.3, 0.4) is 0 Å². The van der Waals surface area contributed by atoms with Crippen molar-refractivity contribution >= 4 is 21.8 Å². The van der Waals surface area contributed by atoms with Crippen molar-refractivity contribution in [2.45, 2.75) is 18.5 Å². The van der Waals surface area contributed by atoms with E-state index in [0.717, 1.165) is 42.5 Å². The first kappa shape index (κ1) is 35.5. The van der Waals surface area contributed by atoms with Crippen LogP contribution in [0, 0.1) is 0 Å². The number of fused-ring (bicyclic) bond motifs is 3. The quantitative estimate of drug-likeness (QED) is 0.164. The maximum absolute atomic E-state index is 14.3. The first-order valence-electron chi connectivity index (χ1n) is 16.6. The van der Waals surface area contributed by atoms with Crippen molar-refractivity contribution in [1.82, 2.24) is 19.5 Å². The van der Waals surface area contributed by atoms with Gasteiger partial charge in [-0.15, -0.1) is 0 Å². The van der Waals surface area contributed by atoms with Crippen LogP contribution >= 0.6 is 0 Å². The summed E-state index contributed by atoms with van der Waals surface area (Å²) in [5.41, 5.74) is -2.56. The molecule has 8 aromatic rings. The van der Waals surface area contributed by atoms with Gasteiger partial charge in [0, 0.05) is 27.5 Å². The molecule has 4 nitrogen and oxygen atoms in total. The van der Waals surface area contributed by atoms with Gasteiger partial charge in [-0.2, -0.15) is 39.5 Å². The summed E-state index contributed by atoms with van der Waals surface area (Å²) in [5, 5.41) is 0.351. The van der Waals surface area contributed by atoms with Gasteiger partial charge >= 0.3 is 18.5 Å². The molecule has 0 fully saturated rings. The maximum atomic E-state index is 14.3. The molecule has 2 heterocycles. The maximum Gasteiger partial charge on any atom is 0.417 e. The molecule has 0 amide bonds. The lowest BCUT2D eigenvalue weighted by Crippen LogP contribution is -2.08. The molecule has 0 saturated carbocycles. The SMILES string of the molecule is FC(F)(F)c1ccc2c3ccc(C(F)(F)F)cc3n(-c3cc(-c4ccccc4C(F)(F)F)ccc3-c3nc(-c4ccccc4)nc(-c4ccccc4)n3)c2c1. The Labute approximate surface area is 306 Å². The molecule has 0 aliphatic carbocycles. The van der Waals surface area contributed by atoms with Gasteiger partial charge in [-0.05, 0) is 53.6 Å². The van der Waals surface area contributed by atoms with Gasteiger partial charge in [-0.3, -0.25) is 0 Å². The largest absolute Gasteiger partial charge is 0.417 e. The summed E-state index contributed by atoms with van der Waals surface area (Å²) in [6.45, 7) is 0. The van der Waals surface area contributed by atoms with Crippen molar-refractivity contribution in [2.75, 3.05) is 0 Å². The van der Waals surface area contributed by atoms with E-state index >= 15 is 0 Å². The predicted octanol–water partition coefficient (Wildman–Crippen LogP) is 12.7. The summed E-state index contributed by atoms with van der Waals surface area (Å²) >= 11 is 0. The number of aromatic nitrogens is 4. The lowest BCUT2D eigenvalue weighted by molar-refractivity contribution is -0.138. The second-order valence-corrected chi connectivity index (χ2v) is 12.6. The molecule has 0 aliphatic rings. The Morgan fingerprint density at radius 1 is 0.382 bits per heavy atom. The van der Waals surface area contributed by atoms with Crippen molar-refractivity contribution in [1.29, 1.82) is 0 Å². The number of benzene rings is 6. The molecule has 0 N–H and O–H groups in total. The highest BCUT2D eigenvalue weighted by Gasteiger charge is 2.35. The molecule has 0 saturated heterocycles. The Hall–Kier alpha value is -6.50. The molecule has 2 aromatic heterocycles. The fraction of sp³-hybridized carbons (Fsp3) is 0.0714. The Morgan fingerprint density at radius 2 is 0.855 bits per heavy atom. The van der Waals surface area contributed by atoms with Crippen molar-refractivity contribution in [3.8, 4) is 51.0 Å². The van der Waals surface area contributed by atoms with Crippen LogP contribution in [0.4, 0.5) is 39.5 Å². The highest BCUT2D eigenvalue weighted by atomic mass is 19.4. The Balaban J connectivity index is 1.52. The normalized spacial score (nSPS) is 12.5. The number of alkyl halides is 9. The highest BCUT2D eigenvalue weighted by molar-refractivity contribution is 6.10. The minimum absolute atomic E-state index is 0.0127. The molecule has 0 bridgehead atoms. The number of rotatable bonds is 5. The van der Waals surface area contributed by atoms with Crippen LogP contribution < -0.4 is 0 Å². The molecular formula is C42H23F9N4. The first-order chi connectivity index (χ1) is 26.2. The van der Waals surface area contributed by atoms with Crippen LogP contribution in [0.2, 0.25) is 0 Å². The van der Waals surface area contributed by atoms with E-state index in [1.54, 1.807) is 60.7 Å². The van der Waals surface area contributed by atoms with E-state index in [9.17, 15) is 39.5 Å². The zero-order valence-corrected chi connectivity index (χ0v) is 28.0. The van der Waals surface area contributed by atoms with E-state index < -0.39 is 35.2 Å². The van der Waals surface area contributed by atoms with E-state index in [1.165, 1.54) is 41.0 Å². The van der Waals surface area contributed by atoms with E-state index in [1.807, 2.05) is 0 Å². The van der Waals surface area contributed by atoms with Crippen LogP contribution in [0.15, 0.2) is 140 Å². The topological polar surface area (TPSA) is 43.6 Å².